The van der Waals surface area contributed by atoms with Crippen LogP contribution in [0.25, 0.3) is 20.7 Å². The lowest BCUT2D eigenvalue weighted by molar-refractivity contribution is -0.116. The molecule has 0 aliphatic rings. The fourth-order valence-corrected chi connectivity index (χ4v) is 6.63. The van der Waals surface area contributed by atoms with Gasteiger partial charge in [-0.25, -0.2) is 9.97 Å². The van der Waals surface area contributed by atoms with Crippen LogP contribution >= 0.6 is 45.8 Å². The average Bonchev–Trinajstić information content (AvgIpc) is 3.47. The van der Waals surface area contributed by atoms with E-state index in [0.29, 0.717) is 26.9 Å². The Labute approximate surface area is 188 Å². The van der Waals surface area contributed by atoms with Gasteiger partial charge < -0.3 is 0 Å². The summed E-state index contributed by atoms with van der Waals surface area (Å²) < 4.78 is 1.60. The van der Waals surface area contributed by atoms with Gasteiger partial charge >= 0.3 is 0 Å². The topological polar surface area (TPSA) is 88.6 Å². The Bertz CT molecular complexity index is 1310. The standard InChI is InChI=1S/C20H16N4O2S4/c1-3-24-19(26)16-13(15-5-4-6-27-15)9-29-18(16)23-20(24)30-10-14(25)12(7-21)17-22-11(2)8-28-17/h4-6,8-9,12H,3,10H2,1-2H3. The molecule has 0 saturated carbocycles. The summed E-state index contributed by atoms with van der Waals surface area (Å²) in [5.74, 6) is -1.08. The minimum absolute atomic E-state index is 0.0535. The zero-order valence-corrected chi connectivity index (χ0v) is 19.4. The largest absolute Gasteiger partial charge is 0.297 e. The minimum Gasteiger partial charge on any atom is -0.297 e. The Balaban J connectivity index is 1.64. The predicted octanol–water partition coefficient (Wildman–Crippen LogP) is 4.94. The van der Waals surface area contributed by atoms with Gasteiger partial charge in [0.05, 0.1) is 17.2 Å². The van der Waals surface area contributed by atoms with Gasteiger partial charge in [-0.15, -0.1) is 34.0 Å². The van der Waals surface area contributed by atoms with Gasteiger partial charge in [0.15, 0.2) is 16.9 Å². The van der Waals surface area contributed by atoms with Crippen molar-refractivity contribution in [2.75, 3.05) is 5.75 Å². The first-order valence-corrected chi connectivity index (χ1v) is 12.7. The van der Waals surface area contributed by atoms with Gasteiger partial charge in [-0.1, -0.05) is 17.8 Å². The number of hydrogen-bond donors (Lipinski definition) is 0. The molecular formula is C20H16N4O2S4. The van der Waals surface area contributed by atoms with Gasteiger partial charge in [-0.3, -0.25) is 14.2 Å². The second-order valence-electron chi connectivity index (χ2n) is 6.39. The van der Waals surface area contributed by atoms with Gasteiger partial charge in [0, 0.05) is 33.4 Å². The zero-order valence-electron chi connectivity index (χ0n) is 16.1. The maximum atomic E-state index is 13.2. The van der Waals surface area contributed by atoms with Crippen LogP contribution in [0, 0.1) is 18.3 Å². The highest BCUT2D eigenvalue weighted by atomic mass is 32.2. The smallest absolute Gasteiger partial charge is 0.263 e. The number of aryl methyl sites for hydroxylation is 1. The second kappa shape index (κ2) is 8.81. The Kier molecular flexibility index (Phi) is 6.15. The molecule has 152 valence electrons. The number of thiazole rings is 1. The summed E-state index contributed by atoms with van der Waals surface area (Å²) in [6.07, 6.45) is 0. The molecule has 1 atom stereocenters. The van der Waals surface area contributed by atoms with E-state index in [1.165, 1.54) is 34.4 Å². The lowest BCUT2D eigenvalue weighted by atomic mass is 10.1. The van der Waals surface area contributed by atoms with Gasteiger partial charge in [0.2, 0.25) is 0 Å². The molecule has 0 aliphatic carbocycles. The summed E-state index contributed by atoms with van der Waals surface area (Å²) in [5, 5.41) is 16.8. The maximum absolute atomic E-state index is 13.2. The van der Waals surface area contributed by atoms with E-state index in [2.05, 4.69) is 16.0 Å². The van der Waals surface area contributed by atoms with E-state index in [1.807, 2.05) is 42.1 Å². The van der Waals surface area contributed by atoms with E-state index < -0.39 is 5.92 Å². The molecule has 10 heteroatoms. The van der Waals surface area contributed by atoms with Crippen molar-refractivity contribution >= 4 is 61.8 Å². The van der Waals surface area contributed by atoms with Crippen molar-refractivity contribution < 1.29 is 4.79 Å². The van der Waals surface area contributed by atoms with Gasteiger partial charge in [-0.2, -0.15) is 5.26 Å². The van der Waals surface area contributed by atoms with Crippen LogP contribution in [0.4, 0.5) is 0 Å². The van der Waals surface area contributed by atoms with Crippen LogP contribution in [0.3, 0.4) is 0 Å². The summed E-state index contributed by atoms with van der Waals surface area (Å²) in [4.78, 5) is 36.5. The molecule has 0 bridgehead atoms. The molecule has 1 unspecified atom stereocenters. The maximum Gasteiger partial charge on any atom is 0.263 e. The number of thioether (sulfide) groups is 1. The number of thiophene rings is 2. The van der Waals surface area contributed by atoms with Crippen LogP contribution in [-0.2, 0) is 11.3 Å². The summed E-state index contributed by atoms with van der Waals surface area (Å²) in [5.41, 5.74) is 1.59. The van der Waals surface area contributed by atoms with Crippen molar-refractivity contribution in [2.24, 2.45) is 0 Å². The lowest BCUT2D eigenvalue weighted by Gasteiger charge is -2.10. The molecule has 0 saturated heterocycles. The number of hydrogen-bond acceptors (Lipinski definition) is 9. The van der Waals surface area contributed by atoms with Gasteiger partial charge in [0.25, 0.3) is 5.56 Å². The average molecular weight is 473 g/mol. The normalized spacial score (nSPS) is 12.2. The number of ketones is 1. The Morgan fingerprint density at radius 2 is 2.13 bits per heavy atom. The first-order valence-electron chi connectivity index (χ1n) is 9.06. The number of rotatable bonds is 7. The number of nitriles is 1. The molecule has 0 aliphatic heterocycles. The first-order chi connectivity index (χ1) is 14.5. The first kappa shape index (κ1) is 20.9. The molecule has 0 radical (unpaired) electrons. The quantitative estimate of drug-likeness (QED) is 0.280. The summed E-state index contributed by atoms with van der Waals surface area (Å²) in [7, 11) is 0. The van der Waals surface area contributed by atoms with E-state index in [0.717, 1.165) is 16.1 Å². The van der Waals surface area contributed by atoms with Crippen molar-refractivity contribution in [1.82, 2.24) is 14.5 Å². The van der Waals surface area contributed by atoms with Crippen LogP contribution in [0.2, 0.25) is 0 Å². The van der Waals surface area contributed by atoms with Crippen LogP contribution in [0.1, 0.15) is 23.5 Å². The number of aromatic nitrogens is 3. The molecule has 4 aromatic rings. The molecule has 0 N–H and O–H groups in total. The number of fused-ring (bicyclic) bond motifs is 1. The zero-order chi connectivity index (χ0) is 21.3. The minimum atomic E-state index is -0.895. The highest BCUT2D eigenvalue weighted by Gasteiger charge is 2.24. The molecule has 4 heterocycles. The number of carbonyl (C=O) groups is 1. The lowest BCUT2D eigenvalue weighted by Crippen LogP contribution is -2.23. The van der Waals surface area contributed by atoms with Crippen LogP contribution < -0.4 is 5.56 Å². The molecule has 0 aromatic carbocycles. The fraction of sp³-hybridized carbons (Fsp3) is 0.250. The number of nitrogens with zero attached hydrogens (tertiary/aromatic N) is 4. The van der Waals surface area contributed by atoms with E-state index in [9.17, 15) is 14.9 Å². The SMILES string of the molecule is CCn1c(SCC(=O)C(C#N)c2nc(C)cs2)nc2scc(-c3cccs3)c2c1=O. The fourth-order valence-electron chi connectivity index (χ4n) is 3.00. The molecule has 0 spiro atoms. The Morgan fingerprint density at radius 3 is 2.77 bits per heavy atom. The van der Waals surface area contributed by atoms with Gasteiger partial charge in [0.1, 0.15) is 9.84 Å². The summed E-state index contributed by atoms with van der Waals surface area (Å²) >= 11 is 5.53. The van der Waals surface area contributed by atoms with Crippen molar-refractivity contribution in [3.05, 3.63) is 49.3 Å². The van der Waals surface area contributed by atoms with Gasteiger partial charge in [-0.05, 0) is 25.3 Å². The molecule has 0 amide bonds. The van der Waals surface area contributed by atoms with Crippen LogP contribution in [0.5, 0.6) is 0 Å². The van der Waals surface area contributed by atoms with E-state index in [-0.39, 0.29) is 17.1 Å². The highest BCUT2D eigenvalue weighted by Crippen LogP contribution is 2.34. The molecule has 4 aromatic heterocycles. The molecule has 0 fully saturated rings. The highest BCUT2D eigenvalue weighted by molar-refractivity contribution is 7.99. The third kappa shape index (κ3) is 3.86. The van der Waals surface area contributed by atoms with Crippen LogP contribution in [0.15, 0.2) is 38.2 Å². The van der Waals surface area contributed by atoms with Crippen molar-refractivity contribution in [3.63, 3.8) is 0 Å². The van der Waals surface area contributed by atoms with Crippen molar-refractivity contribution in [1.29, 1.82) is 5.26 Å². The van der Waals surface area contributed by atoms with Crippen molar-refractivity contribution in [2.45, 2.75) is 31.5 Å². The molecule has 4 rings (SSSR count). The third-order valence-corrected chi connectivity index (χ3v) is 8.24. The number of carbonyl (C=O) groups excluding carboxylic acids is 1. The monoisotopic (exact) mass is 472 g/mol. The summed E-state index contributed by atoms with van der Waals surface area (Å²) in [6, 6.07) is 6.01. The van der Waals surface area contributed by atoms with E-state index in [4.69, 9.17) is 0 Å². The van der Waals surface area contributed by atoms with E-state index >= 15 is 0 Å². The number of Topliss-reactive ketones (excluding diaryl/α,β-unsaturated/α-hetero) is 1. The van der Waals surface area contributed by atoms with Crippen LogP contribution in [-0.4, -0.2) is 26.1 Å². The van der Waals surface area contributed by atoms with E-state index in [1.54, 1.807) is 15.9 Å². The Hall–Kier alpha value is -2.32. The summed E-state index contributed by atoms with van der Waals surface area (Å²) in [6.45, 7) is 4.16. The Morgan fingerprint density at radius 1 is 1.30 bits per heavy atom. The second-order valence-corrected chi connectivity index (χ2v) is 10.0. The molecule has 30 heavy (non-hydrogen) atoms. The van der Waals surface area contributed by atoms with Crippen molar-refractivity contribution in [3.8, 4) is 16.5 Å². The molecular weight excluding hydrogens is 457 g/mol. The molecule has 6 nitrogen and oxygen atoms in total. The predicted molar refractivity (Wildman–Crippen MR) is 124 cm³/mol. The third-order valence-electron chi connectivity index (χ3n) is 4.44.